The zero-order chi connectivity index (χ0) is 89.2. The van der Waals surface area contributed by atoms with Gasteiger partial charge in [0.1, 0.15) is 0 Å². The number of piperazine rings is 1. The van der Waals surface area contributed by atoms with Gasteiger partial charge >= 0.3 is 0 Å². The summed E-state index contributed by atoms with van der Waals surface area (Å²) in [6, 6.07) is 20.0. The molecule has 2 fully saturated rings. The van der Waals surface area contributed by atoms with Gasteiger partial charge in [0.25, 0.3) is 47.4 Å². The van der Waals surface area contributed by atoms with E-state index in [9.17, 15) is 19.2 Å². The lowest BCUT2D eigenvalue weighted by molar-refractivity contribution is 0.0633. The van der Waals surface area contributed by atoms with Gasteiger partial charge in [0, 0.05) is 123 Å². The standard InChI is InChI=1S/C24H32N6OS.C23H32N6O2S.C23H30N6OS.C22H30N6OS/c1-5-28(6-2)12-13-29(7-3)23(31)19-16-26-30(22(19)18-10-11-18)24-25-15-17(4)21(27-24)20-9-8-14-32-20;1-6-27(7-2)11-12-28(8-3)22(30)18-15-25-29(19(18)16-31-5)23-24-14-17(4)21(26-23)20-10-9-13-32-20;1-4-5-10-27-11-13-28(14-12-27)22(30)18-16-25-29(21(18)17(2)3)23-24-9-8-19(26-23)20-7-6-15-31-20;1-6-27(7-2)13-12-26(5)21(29)17-15-24-28(20(17)16(3)4)22-23-11-10-18(25-22)19-9-8-14-30-19/h8-9,14-16,18H,5-7,10-13H2,1-4H3;9-10,13-15H,6-8,11-12,16H2,1-5H3;6-9,15-17H,4-5,10-14H2,1-3H3;8-11,14-16H,6-7,12-13H2,1-5H3. The van der Waals surface area contributed by atoms with Crippen LogP contribution < -0.4 is 0 Å². The van der Waals surface area contributed by atoms with Crippen LogP contribution in [-0.2, 0) is 11.3 Å². The Morgan fingerprint density at radius 1 is 0.456 bits per heavy atom. The molecule has 1 aliphatic heterocycles. The van der Waals surface area contributed by atoms with Crippen molar-refractivity contribution in [3.8, 4) is 66.1 Å². The number of aryl methyl sites for hydroxylation is 2. The number of thiophene rings is 4. The zero-order valence-electron chi connectivity index (χ0n) is 75.8. The van der Waals surface area contributed by atoms with Crippen LogP contribution in [-0.4, -0.2) is 280 Å². The quantitative estimate of drug-likeness (QED) is 0.0350. The molecule has 0 unspecified atom stereocenters. The molecule has 125 heavy (non-hydrogen) atoms. The van der Waals surface area contributed by atoms with Crippen LogP contribution in [0.2, 0.25) is 0 Å². The van der Waals surface area contributed by atoms with E-state index >= 15 is 0 Å². The Balaban J connectivity index is 0.000000162. The molecular formula is C92H124N24O5S4. The van der Waals surface area contributed by atoms with Gasteiger partial charge in [-0.3, -0.25) is 24.1 Å². The minimum atomic E-state index is -0.0523. The molecule has 4 amide bonds. The third-order valence-electron chi connectivity index (χ3n) is 22.5. The van der Waals surface area contributed by atoms with Crippen molar-refractivity contribution in [3.63, 3.8) is 0 Å². The molecule has 0 bridgehead atoms. The van der Waals surface area contributed by atoms with Crippen molar-refractivity contribution < 1.29 is 23.9 Å². The number of hydrogen-bond acceptors (Lipinski definition) is 25. The van der Waals surface area contributed by atoms with Crippen molar-refractivity contribution in [2.24, 2.45) is 0 Å². The van der Waals surface area contributed by atoms with Crippen molar-refractivity contribution in [2.75, 3.05) is 139 Å². The summed E-state index contributed by atoms with van der Waals surface area (Å²) >= 11 is 6.56. The molecule has 666 valence electrons. The number of aromatic nitrogens is 16. The summed E-state index contributed by atoms with van der Waals surface area (Å²) in [6.07, 6.45) is 18.3. The Labute approximate surface area is 752 Å². The number of likely N-dealkylation sites (N-methyl/N-ethyl adjacent to an activating group) is 6. The molecule has 13 heterocycles. The van der Waals surface area contributed by atoms with Crippen molar-refractivity contribution >= 4 is 69.0 Å². The summed E-state index contributed by atoms with van der Waals surface area (Å²) in [5.74, 6) is 2.52. The van der Waals surface area contributed by atoms with Crippen molar-refractivity contribution in [2.45, 2.75) is 154 Å². The highest BCUT2D eigenvalue weighted by Gasteiger charge is 2.36. The highest BCUT2D eigenvalue weighted by molar-refractivity contribution is 7.14. The maximum Gasteiger partial charge on any atom is 0.257 e. The number of ether oxygens (including phenoxy) is 1. The average molecular weight is 1770 g/mol. The first kappa shape index (κ1) is 95.3. The second kappa shape index (κ2) is 46.7. The Hall–Kier alpha value is -10.4. The van der Waals surface area contributed by atoms with E-state index in [2.05, 4.69) is 148 Å². The Morgan fingerprint density at radius 2 is 0.872 bits per heavy atom. The minimum absolute atomic E-state index is 0.0217. The van der Waals surface area contributed by atoms with Crippen LogP contribution in [0.15, 0.2) is 132 Å². The third-order valence-corrected chi connectivity index (χ3v) is 26.1. The van der Waals surface area contributed by atoms with E-state index in [1.54, 1.807) is 119 Å². The first-order valence-electron chi connectivity index (χ1n) is 44.0. The van der Waals surface area contributed by atoms with Crippen LogP contribution in [0.5, 0.6) is 0 Å². The summed E-state index contributed by atoms with van der Waals surface area (Å²) in [5, 5.41) is 26.2. The maximum atomic E-state index is 13.5. The number of hydrogen-bond donors (Lipinski definition) is 0. The molecule has 12 aromatic rings. The molecule has 14 rings (SSSR count). The number of amides is 4. The average Bonchev–Trinajstić information content (AvgIpc) is 1.62. The normalized spacial score (nSPS) is 12.9. The molecule has 29 nitrogen and oxygen atoms in total. The number of methoxy groups -OCH3 is 1. The van der Waals surface area contributed by atoms with Gasteiger partial charge in [-0.05, 0) is 174 Å². The van der Waals surface area contributed by atoms with Gasteiger partial charge in [-0.2, -0.15) is 25.1 Å². The molecule has 2 aliphatic rings. The van der Waals surface area contributed by atoms with E-state index in [1.165, 1.54) is 12.8 Å². The van der Waals surface area contributed by atoms with E-state index in [0.717, 1.165) is 182 Å². The Bertz CT molecular complexity index is 5350. The van der Waals surface area contributed by atoms with E-state index < -0.39 is 0 Å². The van der Waals surface area contributed by atoms with E-state index in [1.807, 2.05) is 126 Å². The predicted octanol–water partition coefficient (Wildman–Crippen LogP) is 16.0. The smallest absolute Gasteiger partial charge is 0.257 e. The lowest BCUT2D eigenvalue weighted by Crippen LogP contribution is -2.49. The minimum Gasteiger partial charge on any atom is -0.378 e. The summed E-state index contributed by atoms with van der Waals surface area (Å²) in [7, 11) is 3.46. The molecule has 0 aromatic carbocycles. The predicted molar refractivity (Wildman–Crippen MR) is 501 cm³/mol. The topological polar surface area (TPSA) is 278 Å². The van der Waals surface area contributed by atoms with Gasteiger partial charge in [0.2, 0.25) is 0 Å². The summed E-state index contributed by atoms with van der Waals surface area (Å²) in [4.78, 5) is 112. The van der Waals surface area contributed by atoms with Crippen molar-refractivity contribution in [3.05, 3.63) is 188 Å². The maximum absolute atomic E-state index is 13.5. The molecule has 33 heteroatoms. The molecule has 12 aromatic heterocycles. The van der Waals surface area contributed by atoms with Crippen LogP contribution in [0.4, 0.5) is 0 Å². The van der Waals surface area contributed by atoms with Gasteiger partial charge in [-0.1, -0.05) is 107 Å². The zero-order valence-corrected chi connectivity index (χ0v) is 79.1. The number of rotatable bonds is 37. The Kier molecular flexibility index (Phi) is 35.6. The molecular weight excluding hydrogens is 1650 g/mol. The molecule has 0 radical (unpaired) electrons. The lowest BCUT2D eigenvalue weighted by Gasteiger charge is -2.34. The monoisotopic (exact) mass is 1770 g/mol. The highest BCUT2D eigenvalue weighted by atomic mass is 32.1. The first-order valence-corrected chi connectivity index (χ1v) is 47.5. The molecule has 1 saturated carbocycles. The third kappa shape index (κ3) is 24.1. The number of nitrogens with zero attached hydrogens (tertiary/aromatic N) is 24. The Morgan fingerprint density at radius 3 is 1.31 bits per heavy atom. The van der Waals surface area contributed by atoms with Gasteiger partial charge in [0.15, 0.2) is 0 Å². The van der Waals surface area contributed by atoms with Gasteiger partial charge in [-0.15, -0.1) is 45.3 Å². The summed E-state index contributed by atoms with van der Waals surface area (Å²) in [5.41, 5.74) is 11.3. The lowest BCUT2D eigenvalue weighted by atomic mass is 10.0. The van der Waals surface area contributed by atoms with E-state index in [4.69, 9.17) is 24.7 Å². The van der Waals surface area contributed by atoms with Crippen LogP contribution in [0, 0.1) is 13.8 Å². The second-order valence-corrected chi connectivity index (χ2v) is 35.2. The molecule has 0 spiro atoms. The van der Waals surface area contributed by atoms with Gasteiger partial charge in [-0.25, -0.2) is 53.9 Å². The second-order valence-electron chi connectivity index (χ2n) is 31.4. The summed E-state index contributed by atoms with van der Waals surface area (Å²) < 4.78 is 12.3. The number of unbranched alkanes of at least 4 members (excludes halogenated alkanes) is 1. The van der Waals surface area contributed by atoms with Crippen LogP contribution in [0.25, 0.3) is 66.1 Å². The van der Waals surface area contributed by atoms with Gasteiger partial charge in [0.05, 0.1) is 119 Å². The molecule has 0 atom stereocenters. The largest absolute Gasteiger partial charge is 0.378 e. The van der Waals surface area contributed by atoms with Crippen LogP contribution >= 0.6 is 45.3 Å². The van der Waals surface area contributed by atoms with Crippen LogP contribution in [0.3, 0.4) is 0 Å². The molecule has 0 N–H and O–H groups in total. The van der Waals surface area contributed by atoms with Crippen molar-refractivity contribution in [1.29, 1.82) is 0 Å². The fourth-order valence-electron chi connectivity index (χ4n) is 14.9. The van der Waals surface area contributed by atoms with Gasteiger partial charge < -0.3 is 39.0 Å². The number of carbonyl (C=O) groups is 4. The molecule has 1 aliphatic carbocycles. The first-order chi connectivity index (χ1) is 60.6. The van der Waals surface area contributed by atoms with E-state index in [0.29, 0.717) is 83.8 Å². The summed E-state index contributed by atoms with van der Waals surface area (Å²) in [6.45, 7) is 47.9. The fourth-order valence-corrected chi connectivity index (χ4v) is 17.9. The van der Waals surface area contributed by atoms with E-state index in [-0.39, 0.29) is 42.1 Å². The SMILES string of the molecule is CCCCN1CCN(C(=O)c2cnn(-c3nccc(-c4cccs4)n3)c2C(C)C)CC1.CCN(CC)CCN(C)C(=O)c1cnn(-c2nccc(-c3cccs3)n2)c1C(C)C.CCN(CC)CCN(CC)C(=O)c1cnn(-c2ncc(C)c(-c3cccs3)n2)c1C1CC1.CCN(CC)CCN(CC)C(=O)c1cnn(-c2ncc(C)c(-c3cccs3)n2)c1COC. The highest BCUT2D eigenvalue weighted by Crippen LogP contribution is 2.43. The number of carbonyl (C=O) groups excluding carboxylic acids is 4. The molecule has 1 saturated heterocycles. The van der Waals surface area contributed by atoms with Crippen molar-refractivity contribution in [1.82, 2.24) is 118 Å². The van der Waals surface area contributed by atoms with Crippen LogP contribution in [0.1, 0.15) is 209 Å². The fraction of sp³-hybridized carbons (Fsp3) is 0.478.